The zero-order valence-electron chi connectivity index (χ0n) is 11.7. The first-order valence-electron chi connectivity index (χ1n) is 6.67. The van der Waals surface area contributed by atoms with Crippen LogP contribution in [0, 0.1) is 11.3 Å². The number of rotatable bonds is 3. The van der Waals surface area contributed by atoms with E-state index < -0.39 is 0 Å². The summed E-state index contributed by atoms with van der Waals surface area (Å²) in [4.78, 5) is 8.93. The van der Waals surface area contributed by atoms with Gasteiger partial charge in [0.05, 0.1) is 5.56 Å². The van der Waals surface area contributed by atoms with Crippen LogP contribution in [0.1, 0.15) is 30.5 Å². The third-order valence-corrected chi connectivity index (χ3v) is 3.97. The Morgan fingerprint density at radius 2 is 2.05 bits per heavy atom. The second kappa shape index (κ2) is 5.77. The van der Waals surface area contributed by atoms with Crippen LogP contribution < -0.4 is 4.90 Å². The number of fused-ring (bicyclic) bond motifs is 1. The standard InChI is InChI=1S/C14H19ClN4/c1-4-19(5-2)14-12-9-18(3)7-6-10(12)11(8-16)13(15)17-14/h4-7,9H2,1-3H3. The summed E-state index contributed by atoms with van der Waals surface area (Å²) in [5.41, 5.74) is 2.81. The van der Waals surface area contributed by atoms with Crippen molar-refractivity contribution < 1.29 is 0 Å². The molecule has 0 atom stereocenters. The van der Waals surface area contributed by atoms with Crippen molar-refractivity contribution in [2.24, 2.45) is 0 Å². The van der Waals surface area contributed by atoms with Crippen LogP contribution in [0.2, 0.25) is 5.15 Å². The molecule has 1 aliphatic heterocycles. The molecule has 0 saturated carbocycles. The first-order chi connectivity index (χ1) is 9.12. The van der Waals surface area contributed by atoms with Gasteiger partial charge in [0, 0.05) is 31.7 Å². The van der Waals surface area contributed by atoms with Crippen LogP contribution in [0.25, 0.3) is 0 Å². The first kappa shape index (κ1) is 14.1. The maximum absolute atomic E-state index is 9.28. The molecule has 0 N–H and O–H groups in total. The van der Waals surface area contributed by atoms with Gasteiger partial charge in [0.25, 0.3) is 0 Å². The molecule has 0 spiro atoms. The lowest BCUT2D eigenvalue weighted by molar-refractivity contribution is 0.312. The Hall–Kier alpha value is -1.31. The van der Waals surface area contributed by atoms with Crippen LogP contribution in [0.4, 0.5) is 5.82 Å². The molecule has 102 valence electrons. The van der Waals surface area contributed by atoms with Crippen LogP contribution in [0.3, 0.4) is 0 Å². The summed E-state index contributed by atoms with van der Waals surface area (Å²) in [6.07, 6.45) is 0.866. The molecule has 0 amide bonds. The van der Waals surface area contributed by atoms with E-state index in [4.69, 9.17) is 11.6 Å². The van der Waals surface area contributed by atoms with Gasteiger partial charge in [-0.1, -0.05) is 11.6 Å². The summed E-state index contributed by atoms with van der Waals surface area (Å²) in [6.45, 7) is 7.79. The molecule has 0 radical (unpaired) electrons. The second-order valence-electron chi connectivity index (χ2n) is 4.83. The fourth-order valence-electron chi connectivity index (χ4n) is 2.62. The molecule has 1 aliphatic rings. The molecule has 1 aromatic heterocycles. The van der Waals surface area contributed by atoms with Gasteiger partial charge < -0.3 is 9.80 Å². The Kier molecular flexibility index (Phi) is 4.28. The van der Waals surface area contributed by atoms with Gasteiger partial charge in [-0.3, -0.25) is 0 Å². The Morgan fingerprint density at radius 3 is 2.63 bits per heavy atom. The predicted molar refractivity (Wildman–Crippen MR) is 77.6 cm³/mol. The lowest BCUT2D eigenvalue weighted by Gasteiger charge is -2.31. The van der Waals surface area contributed by atoms with E-state index in [9.17, 15) is 5.26 Å². The van der Waals surface area contributed by atoms with Gasteiger partial charge in [-0.15, -0.1) is 0 Å². The number of anilines is 1. The molecule has 0 bridgehead atoms. The molecule has 2 rings (SSSR count). The van der Waals surface area contributed by atoms with Crippen molar-refractivity contribution in [3.8, 4) is 6.07 Å². The van der Waals surface area contributed by atoms with Crippen molar-refractivity contribution >= 4 is 17.4 Å². The van der Waals surface area contributed by atoms with Crippen molar-refractivity contribution in [2.75, 3.05) is 31.6 Å². The van der Waals surface area contributed by atoms with Crippen molar-refractivity contribution in [2.45, 2.75) is 26.8 Å². The third-order valence-electron chi connectivity index (χ3n) is 3.69. The number of hydrogen-bond acceptors (Lipinski definition) is 4. The van der Waals surface area contributed by atoms with E-state index in [0.29, 0.717) is 10.7 Å². The van der Waals surface area contributed by atoms with Gasteiger partial charge in [-0.2, -0.15) is 5.26 Å². The zero-order chi connectivity index (χ0) is 14.0. The highest BCUT2D eigenvalue weighted by molar-refractivity contribution is 6.30. The summed E-state index contributed by atoms with van der Waals surface area (Å²) in [5.74, 6) is 0.940. The van der Waals surface area contributed by atoms with Crippen molar-refractivity contribution in [1.82, 2.24) is 9.88 Å². The Morgan fingerprint density at radius 1 is 1.37 bits per heavy atom. The predicted octanol–water partition coefficient (Wildman–Crippen LogP) is 2.44. The maximum atomic E-state index is 9.28. The van der Waals surface area contributed by atoms with Crippen LogP contribution in [0.15, 0.2) is 0 Å². The largest absolute Gasteiger partial charge is 0.357 e. The van der Waals surface area contributed by atoms with Crippen molar-refractivity contribution in [3.05, 3.63) is 21.8 Å². The van der Waals surface area contributed by atoms with E-state index in [2.05, 4.69) is 41.7 Å². The van der Waals surface area contributed by atoms with Gasteiger partial charge >= 0.3 is 0 Å². The number of pyridine rings is 1. The summed E-state index contributed by atoms with van der Waals surface area (Å²) >= 11 is 6.19. The minimum Gasteiger partial charge on any atom is -0.357 e. The van der Waals surface area contributed by atoms with Crippen LogP contribution in [-0.2, 0) is 13.0 Å². The maximum Gasteiger partial charge on any atom is 0.149 e. The fourth-order valence-corrected chi connectivity index (χ4v) is 2.86. The second-order valence-corrected chi connectivity index (χ2v) is 5.19. The van der Waals surface area contributed by atoms with E-state index >= 15 is 0 Å². The van der Waals surface area contributed by atoms with Gasteiger partial charge in [0.2, 0.25) is 0 Å². The highest BCUT2D eigenvalue weighted by Gasteiger charge is 2.25. The van der Waals surface area contributed by atoms with E-state index in [0.717, 1.165) is 44.0 Å². The highest BCUT2D eigenvalue weighted by atomic mass is 35.5. The molecule has 0 aromatic carbocycles. The number of likely N-dealkylation sites (N-methyl/N-ethyl adjacent to an activating group) is 1. The summed E-state index contributed by atoms with van der Waals surface area (Å²) in [6, 6.07) is 2.21. The third kappa shape index (κ3) is 2.54. The van der Waals surface area contributed by atoms with E-state index in [1.807, 2.05) is 0 Å². The van der Waals surface area contributed by atoms with Crippen molar-refractivity contribution in [3.63, 3.8) is 0 Å². The van der Waals surface area contributed by atoms with Gasteiger partial charge in [0.15, 0.2) is 0 Å². The average molecular weight is 279 g/mol. The average Bonchev–Trinajstić information content (AvgIpc) is 2.40. The van der Waals surface area contributed by atoms with Crippen LogP contribution in [-0.4, -0.2) is 36.6 Å². The summed E-state index contributed by atoms with van der Waals surface area (Å²) in [7, 11) is 2.09. The molecule has 19 heavy (non-hydrogen) atoms. The number of nitrogens with zero attached hydrogens (tertiary/aromatic N) is 4. The Bertz CT molecular complexity index is 517. The Balaban J connectivity index is 2.62. The summed E-state index contributed by atoms with van der Waals surface area (Å²) in [5, 5.41) is 9.62. The highest BCUT2D eigenvalue weighted by Crippen LogP contribution is 2.32. The van der Waals surface area contributed by atoms with Crippen LogP contribution in [0.5, 0.6) is 0 Å². The summed E-state index contributed by atoms with van der Waals surface area (Å²) < 4.78 is 0. The molecule has 0 saturated heterocycles. The molecular formula is C14H19ClN4. The molecule has 0 fully saturated rings. The normalized spacial score (nSPS) is 14.9. The number of halogens is 1. The topological polar surface area (TPSA) is 43.2 Å². The molecule has 2 heterocycles. The fraction of sp³-hybridized carbons (Fsp3) is 0.571. The minimum absolute atomic E-state index is 0.340. The molecule has 1 aromatic rings. The quantitative estimate of drug-likeness (QED) is 0.797. The molecule has 0 unspecified atom stereocenters. The Labute approximate surface area is 119 Å². The number of aromatic nitrogens is 1. The lowest BCUT2D eigenvalue weighted by atomic mass is 9.96. The lowest BCUT2D eigenvalue weighted by Crippen LogP contribution is -2.32. The molecular weight excluding hydrogens is 260 g/mol. The van der Waals surface area contributed by atoms with Gasteiger partial charge in [-0.25, -0.2) is 4.98 Å². The van der Waals surface area contributed by atoms with Gasteiger partial charge in [0.1, 0.15) is 17.0 Å². The smallest absolute Gasteiger partial charge is 0.149 e. The molecule has 5 heteroatoms. The van der Waals surface area contributed by atoms with E-state index in [1.165, 1.54) is 5.56 Å². The minimum atomic E-state index is 0.340. The van der Waals surface area contributed by atoms with Gasteiger partial charge in [-0.05, 0) is 32.9 Å². The van der Waals surface area contributed by atoms with E-state index in [1.54, 1.807) is 0 Å². The van der Waals surface area contributed by atoms with E-state index in [-0.39, 0.29) is 0 Å². The number of hydrogen-bond donors (Lipinski definition) is 0. The molecule has 0 aliphatic carbocycles. The molecule has 4 nitrogen and oxygen atoms in total. The van der Waals surface area contributed by atoms with Crippen molar-refractivity contribution in [1.29, 1.82) is 5.26 Å². The SMILES string of the molecule is CCN(CC)c1nc(Cl)c(C#N)c2c1CN(C)CC2. The number of nitriles is 1. The van der Waals surface area contributed by atoms with Crippen LogP contribution >= 0.6 is 11.6 Å². The first-order valence-corrected chi connectivity index (χ1v) is 7.04. The zero-order valence-corrected chi connectivity index (χ0v) is 12.5. The monoisotopic (exact) mass is 278 g/mol.